The Bertz CT molecular complexity index is 211. The van der Waals surface area contributed by atoms with E-state index in [1.165, 1.54) is 0 Å². The van der Waals surface area contributed by atoms with Gasteiger partial charge >= 0.3 is 0 Å². The summed E-state index contributed by atoms with van der Waals surface area (Å²) in [5, 5.41) is 0. The van der Waals surface area contributed by atoms with Gasteiger partial charge in [-0.3, -0.25) is 4.79 Å². The maximum atomic E-state index is 10.1. The molecule has 0 saturated carbocycles. The van der Waals surface area contributed by atoms with Crippen molar-refractivity contribution in [3.05, 3.63) is 31.1 Å². The number of aldehydes is 1. The molecule has 46 valence electrons. The monoisotopic (exact) mass is 121 g/mol. The molecule has 0 aromatic carbocycles. The summed E-state index contributed by atoms with van der Waals surface area (Å²) < 4.78 is 1.66. The molecule has 9 heavy (non-hydrogen) atoms. The van der Waals surface area contributed by atoms with Crippen molar-refractivity contribution in [2.24, 2.45) is 0 Å². The van der Waals surface area contributed by atoms with Crippen LogP contribution in [0.15, 0.2) is 31.1 Å². The summed E-state index contributed by atoms with van der Waals surface area (Å²) in [4.78, 5) is 10.1. The Hall–Kier alpha value is -1.31. The molecule has 0 unspecified atom stereocenters. The average Bonchev–Trinajstić information content (AvgIpc) is 2.37. The van der Waals surface area contributed by atoms with Gasteiger partial charge in [-0.05, 0) is 12.1 Å². The fraction of sp³-hybridized carbons (Fsp3) is 0. The molecule has 0 atom stereocenters. The van der Waals surface area contributed by atoms with E-state index in [4.69, 9.17) is 0 Å². The van der Waals surface area contributed by atoms with Crippen molar-refractivity contribution in [1.29, 1.82) is 0 Å². The van der Waals surface area contributed by atoms with E-state index in [1.54, 1.807) is 17.0 Å². The van der Waals surface area contributed by atoms with Gasteiger partial charge in [-0.25, -0.2) is 0 Å². The second-order valence-corrected chi connectivity index (χ2v) is 1.70. The third-order valence-electron chi connectivity index (χ3n) is 1.07. The first-order valence-electron chi connectivity index (χ1n) is 2.62. The zero-order chi connectivity index (χ0) is 6.69. The third-order valence-corrected chi connectivity index (χ3v) is 1.07. The molecule has 0 aliphatic rings. The van der Waals surface area contributed by atoms with E-state index in [1.807, 2.05) is 12.1 Å². The normalized spacial score (nSPS) is 8.89. The Kier molecular flexibility index (Phi) is 1.49. The lowest BCUT2D eigenvalue weighted by Crippen LogP contribution is -1.90. The largest absolute Gasteiger partial charge is 0.321 e. The van der Waals surface area contributed by atoms with Crippen molar-refractivity contribution < 1.29 is 4.79 Å². The molecule has 2 nitrogen and oxygen atoms in total. The molecule has 0 aliphatic heterocycles. The molecule has 1 rings (SSSR count). The van der Waals surface area contributed by atoms with E-state index in [0.29, 0.717) is 5.70 Å². The first-order chi connectivity index (χ1) is 4.34. The zero-order valence-electron chi connectivity index (χ0n) is 4.95. The number of carbonyl (C=O) groups excluding carboxylic acids is 1. The molecule has 0 saturated heterocycles. The average molecular weight is 121 g/mol. The predicted octanol–water partition coefficient (Wildman–Crippen LogP) is 1.16. The van der Waals surface area contributed by atoms with Crippen LogP contribution in [-0.2, 0) is 4.79 Å². The lowest BCUT2D eigenvalue weighted by molar-refractivity contribution is -0.103. The van der Waals surface area contributed by atoms with Gasteiger partial charge in [0, 0.05) is 12.4 Å². The van der Waals surface area contributed by atoms with Gasteiger partial charge < -0.3 is 4.57 Å². The van der Waals surface area contributed by atoms with Crippen LogP contribution in [0.25, 0.3) is 5.70 Å². The number of hydrogen-bond donors (Lipinski definition) is 0. The van der Waals surface area contributed by atoms with Crippen molar-refractivity contribution in [3.8, 4) is 0 Å². The van der Waals surface area contributed by atoms with Crippen molar-refractivity contribution in [1.82, 2.24) is 4.57 Å². The standard InChI is InChI=1S/C7H7NO/c1-7(6-9)8-4-2-3-5-8/h2-6H,1H2. The highest BCUT2D eigenvalue weighted by molar-refractivity contribution is 5.97. The summed E-state index contributed by atoms with van der Waals surface area (Å²) >= 11 is 0. The minimum absolute atomic E-state index is 0.458. The molecule has 0 aliphatic carbocycles. The summed E-state index contributed by atoms with van der Waals surface area (Å²) in [5.74, 6) is 0. The first-order valence-corrected chi connectivity index (χ1v) is 2.62. The minimum atomic E-state index is 0.458. The Balaban J connectivity index is 2.89. The van der Waals surface area contributed by atoms with Crippen LogP contribution < -0.4 is 0 Å². The predicted molar refractivity (Wildman–Crippen MR) is 35.8 cm³/mol. The van der Waals surface area contributed by atoms with Gasteiger partial charge in [-0.2, -0.15) is 0 Å². The van der Waals surface area contributed by atoms with Crippen LogP contribution in [0.3, 0.4) is 0 Å². The number of carbonyl (C=O) groups is 1. The van der Waals surface area contributed by atoms with Crippen molar-refractivity contribution in [2.75, 3.05) is 0 Å². The third kappa shape index (κ3) is 1.08. The molecular formula is C7H7NO. The molecule has 0 spiro atoms. The second kappa shape index (κ2) is 2.31. The molecule has 0 bridgehead atoms. The fourth-order valence-corrected chi connectivity index (χ4v) is 0.587. The van der Waals surface area contributed by atoms with Gasteiger partial charge in [0.1, 0.15) is 0 Å². The zero-order valence-corrected chi connectivity index (χ0v) is 4.95. The molecule has 1 aromatic rings. The van der Waals surface area contributed by atoms with Gasteiger partial charge in [0.25, 0.3) is 0 Å². The summed E-state index contributed by atoms with van der Waals surface area (Å²) in [6, 6.07) is 3.68. The molecule has 1 heterocycles. The van der Waals surface area contributed by atoms with E-state index >= 15 is 0 Å². The molecule has 1 aromatic heterocycles. The van der Waals surface area contributed by atoms with E-state index in [-0.39, 0.29) is 0 Å². The number of rotatable bonds is 2. The van der Waals surface area contributed by atoms with Crippen LogP contribution >= 0.6 is 0 Å². The fourth-order valence-electron chi connectivity index (χ4n) is 0.587. The highest BCUT2D eigenvalue weighted by Gasteiger charge is 1.88. The maximum Gasteiger partial charge on any atom is 0.166 e. The molecule has 2 heteroatoms. The topological polar surface area (TPSA) is 22.0 Å². The van der Waals surface area contributed by atoms with Crippen LogP contribution in [0.1, 0.15) is 0 Å². The lowest BCUT2D eigenvalue weighted by atomic mass is 10.5. The number of allylic oxidation sites excluding steroid dienone is 1. The molecule has 0 N–H and O–H groups in total. The van der Waals surface area contributed by atoms with Crippen LogP contribution in [0, 0.1) is 0 Å². The van der Waals surface area contributed by atoms with E-state index in [0.717, 1.165) is 6.29 Å². The highest BCUT2D eigenvalue weighted by Crippen LogP contribution is 1.96. The minimum Gasteiger partial charge on any atom is -0.321 e. The SMILES string of the molecule is C=C(C=O)n1cccc1. The van der Waals surface area contributed by atoms with Crippen LogP contribution in [0.4, 0.5) is 0 Å². The van der Waals surface area contributed by atoms with E-state index in [2.05, 4.69) is 6.58 Å². The molecule has 0 amide bonds. The quantitative estimate of drug-likeness (QED) is 0.425. The van der Waals surface area contributed by atoms with E-state index < -0.39 is 0 Å². The smallest absolute Gasteiger partial charge is 0.166 e. The number of hydrogen-bond acceptors (Lipinski definition) is 1. The van der Waals surface area contributed by atoms with Crippen molar-refractivity contribution in [2.45, 2.75) is 0 Å². The van der Waals surface area contributed by atoms with Gasteiger partial charge in [0.2, 0.25) is 0 Å². The second-order valence-electron chi connectivity index (χ2n) is 1.70. The molecule has 0 fully saturated rings. The Morgan fingerprint density at radius 2 is 2.00 bits per heavy atom. The van der Waals surface area contributed by atoms with Gasteiger partial charge in [0.15, 0.2) is 6.29 Å². The van der Waals surface area contributed by atoms with Crippen LogP contribution in [-0.4, -0.2) is 10.9 Å². The maximum absolute atomic E-state index is 10.1. The van der Waals surface area contributed by atoms with Gasteiger partial charge in [-0.1, -0.05) is 6.58 Å². The summed E-state index contributed by atoms with van der Waals surface area (Å²) in [5.41, 5.74) is 0.458. The lowest BCUT2D eigenvalue weighted by Gasteiger charge is -1.94. The summed E-state index contributed by atoms with van der Waals surface area (Å²) in [6.07, 6.45) is 4.27. The molecular weight excluding hydrogens is 114 g/mol. The van der Waals surface area contributed by atoms with Crippen molar-refractivity contribution >= 4 is 12.0 Å². The number of aromatic nitrogens is 1. The first kappa shape index (κ1) is 5.82. The van der Waals surface area contributed by atoms with Gasteiger partial charge in [-0.15, -0.1) is 0 Å². The Labute approximate surface area is 53.4 Å². The Morgan fingerprint density at radius 1 is 1.44 bits per heavy atom. The van der Waals surface area contributed by atoms with Crippen molar-refractivity contribution in [3.63, 3.8) is 0 Å². The summed E-state index contributed by atoms with van der Waals surface area (Å²) in [6.45, 7) is 3.51. The molecule has 0 radical (unpaired) electrons. The Morgan fingerprint density at radius 3 is 2.44 bits per heavy atom. The highest BCUT2D eigenvalue weighted by atomic mass is 16.1. The summed E-state index contributed by atoms with van der Waals surface area (Å²) in [7, 11) is 0. The van der Waals surface area contributed by atoms with Gasteiger partial charge in [0.05, 0.1) is 5.70 Å². The van der Waals surface area contributed by atoms with Crippen LogP contribution in [0.5, 0.6) is 0 Å². The van der Waals surface area contributed by atoms with E-state index in [9.17, 15) is 4.79 Å². The number of nitrogens with zero attached hydrogens (tertiary/aromatic N) is 1. The van der Waals surface area contributed by atoms with Crippen LogP contribution in [0.2, 0.25) is 0 Å².